The maximum Gasteiger partial charge on any atom is 0.435 e. The molecule has 0 aliphatic carbocycles. The summed E-state index contributed by atoms with van der Waals surface area (Å²) >= 11 is 7.70. The fraction of sp³-hybridized carbons (Fsp3) is 0.174. The van der Waals surface area contributed by atoms with Gasteiger partial charge in [-0.05, 0) is 37.3 Å². The first-order valence-electron chi connectivity index (χ1n) is 9.82. The molecule has 170 valence electrons. The molecule has 0 bridgehead atoms. The minimum Gasteiger partial charge on any atom is -0.462 e. The lowest BCUT2D eigenvalue weighted by atomic mass is 10.1. The molecule has 2 heterocycles. The molecule has 0 saturated carbocycles. The van der Waals surface area contributed by atoms with Crippen molar-refractivity contribution in [2.45, 2.75) is 19.5 Å². The quantitative estimate of drug-likeness (QED) is 0.294. The van der Waals surface area contributed by atoms with E-state index in [1.807, 2.05) is 6.92 Å². The maximum atomic E-state index is 13.4. The van der Waals surface area contributed by atoms with Crippen molar-refractivity contribution in [1.29, 1.82) is 0 Å². The summed E-state index contributed by atoms with van der Waals surface area (Å²) in [6.45, 7) is 2.10. The molecule has 4 rings (SSSR count). The van der Waals surface area contributed by atoms with Gasteiger partial charge in [-0.25, -0.2) is 14.5 Å². The normalized spacial score (nSPS) is 11.5. The standard InChI is InChI=1S/C23H17ClF3N3O2S/c1-14-20(33-13-28-14)10-11-32-22(31)16-8-6-15(7-9-16)19-12-21(23(25,26)27)29-30(19)18-5-3-2-4-17(18)24/h2-9,12-13H,10-11H2,1H3. The number of benzene rings is 2. The second-order valence-corrected chi connectivity index (χ2v) is 8.45. The molecule has 0 aliphatic heterocycles. The van der Waals surface area contributed by atoms with E-state index in [-0.39, 0.29) is 17.3 Å². The number of hydrogen-bond donors (Lipinski definition) is 0. The Hall–Kier alpha value is -3.17. The Morgan fingerprint density at radius 2 is 1.88 bits per heavy atom. The van der Waals surface area contributed by atoms with E-state index in [0.29, 0.717) is 23.2 Å². The molecular formula is C23H17ClF3N3O2S. The fourth-order valence-electron chi connectivity index (χ4n) is 3.20. The van der Waals surface area contributed by atoms with Crippen LogP contribution in [0.3, 0.4) is 0 Å². The Balaban J connectivity index is 1.57. The van der Waals surface area contributed by atoms with E-state index in [9.17, 15) is 18.0 Å². The third-order valence-corrected chi connectivity index (χ3v) is 6.22. The Bertz CT molecular complexity index is 1280. The number of halogens is 4. The lowest BCUT2D eigenvalue weighted by molar-refractivity contribution is -0.141. The SMILES string of the molecule is Cc1ncsc1CCOC(=O)c1ccc(-c2cc(C(F)(F)F)nn2-c2ccccc2Cl)cc1. The van der Waals surface area contributed by atoms with Crippen molar-refractivity contribution in [2.24, 2.45) is 0 Å². The van der Waals surface area contributed by atoms with Gasteiger partial charge in [0.05, 0.1) is 39.8 Å². The van der Waals surface area contributed by atoms with E-state index >= 15 is 0 Å². The molecule has 0 aliphatic rings. The Morgan fingerprint density at radius 3 is 2.52 bits per heavy atom. The van der Waals surface area contributed by atoms with Gasteiger partial charge in [-0.1, -0.05) is 35.9 Å². The van der Waals surface area contributed by atoms with Gasteiger partial charge in [0, 0.05) is 16.9 Å². The van der Waals surface area contributed by atoms with Crippen molar-refractivity contribution in [3.8, 4) is 16.9 Å². The number of nitrogens with zero attached hydrogens (tertiary/aromatic N) is 3. The van der Waals surface area contributed by atoms with E-state index in [2.05, 4.69) is 10.1 Å². The van der Waals surface area contributed by atoms with Crippen LogP contribution in [0.25, 0.3) is 16.9 Å². The summed E-state index contributed by atoms with van der Waals surface area (Å²) in [7, 11) is 0. The summed E-state index contributed by atoms with van der Waals surface area (Å²) in [5.41, 5.74) is 2.84. The molecule has 10 heteroatoms. The van der Waals surface area contributed by atoms with Crippen LogP contribution >= 0.6 is 22.9 Å². The van der Waals surface area contributed by atoms with Gasteiger partial charge in [-0.3, -0.25) is 0 Å². The molecule has 0 saturated heterocycles. The first-order valence-corrected chi connectivity index (χ1v) is 11.1. The van der Waals surface area contributed by atoms with Crippen molar-refractivity contribution in [2.75, 3.05) is 6.61 Å². The number of hydrogen-bond acceptors (Lipinski definition) is 5. The molecule has 0 spiro atoms. The van der Waals surface area contributed by atoms with Crippen LogP contribution in [0.1, 0.15) is 26.6 Å². The molecule has 0 fully saturated rings. The zero-order valence-electron chi connectivity index (χ0n) is 17.3. The summed E-state index contributed by atoms with van der Waals surface area (Å²) in [6.07, 6.45) is -4.06. The van der Waals surface area contributed by atoms with Gasteiger partial charge in [-0.2, -0.15) is 18.3 Å². The number of ether oxygens (including phenoxy) is 1. The van der Waals surface area contributed by atoms with Gasteiger partial charge < -0.3 is 4.74 Å². The molecule has 0 radical (unpaired) electrons. The van der Waals surface area contributed by atoms with Gasteiger partial charge in [0.25, 0.3) is 0 Å². The number of carbonyl (C=O) groups excluding carboxylic acids is 1. The van der Waals surface area contributed by atoms with E-state index in [4.69, 9.17) is 16.3 Å². The Kier molecular flexibility index (Phi) is 6.53. The molecular weight excluding hydrogens is 475 g/mol. The number of carbonyl (C=O) groups is 1. The van der Waals surface area contributed by atoms with E-state index in [1.54, 1.807) is 41.9 Å². The zero-order chi connectivity index (χ0) is 23.6. The summed E-state index contributed by atoms with van der Waals surface area (Å²) in [6, 6.07) is 13.6. The molecule has 0 amide bonds. The van der Waals surface area contributed by atoms with Crippen molar-refractivity contribution >= 4 is 28.9 Å². The monoisotopic (exact) mass is 491 g/mol. The second kappa shape index (κ2) is 9.36. The van der Waals surface area contributed by atoms with Crippen molar-refractivity contribution in [1.82, 2.24) is 14.8 Å². The predicted molar refractivity (Wildman–Crippen MR) is 120 cm³/mol. The highest BCUT2D eigenvalue weighted by Gasteiger charge is 2.35. The molecule has 4 aromatic rings. The topological polar surface area (TPSA) is 57.0 Å². The van der Waals surface area contributed by atoms with Gasteiger partial charge in [-0.15, -0.1) is 11.3 Å². The largest absolute Gasteiger partial charge is 0.462 e. The van der Waals surface area contributed by atoms with Crippen LogP contribution in [-0.2, 0) is 17.3 Å². The minimum atomic E-state index is -4.62. The van der Waals surface area contributed by atoms with Crippen LogP contribution in [0, 0.1) is 6.92 Å². The van der Waals surface area contributed by atoms with E-state index in [1.165, 1.54) is 23.5 Å². The minimum absolute atomic E-state index is 0.191. The summed E-state index contributed by atoms with van der Waals surface area (Å²) in [5.74, 6) is -0.515. The maximum absolute atomic E-state index is 13.4. The van der Waals surface area contributed by atoms with E-state index < -0.39 is 17.8 Å². The van der Waals surface area contributed by atoms with Crippen molar-refractivity contribution in [3.05, 3.63) is 87.0 Å². The third kappa shape index (κ3) is 5.09. The third-order valence-electron chi connectivity index (χ3n) is 4.90. The lowest BCUT2D eigenvalue weighted by Gasteiger charge is -2.10. The van der Waals surface area contributed by atoms with Crippen LogP contribution in [0.15, 0.2) is 60.1 Å². The van der Waals surface area contributed by atoms with Crippen LogP contribution in [0.2, 0.25) is 5.02 Å². The highest BCUT2D eigenvalue weighted by atomic mass is 35.5. The summed E-state index contributed by atoms with van der Waals surface area (Å²) in [4.78, 5) is 17.6. The molecule has 0 N–H and O–H groups in total. The smallest absolute Gasteiger partial charge is 0.435 e. The van der Waals surface area contributed by atoms with Gasteiger partial charge >= 0.3 is 12.1 Å². The van der Waals surface area contributed by atoms with Crippen LogP contribution < -0.4 is 0 Å². The molecule has 33 heavy (non-hydrogen) atoms. The number of aryl methyl sites for hydroxylation is 1. The highest BCUT2D eigenvalue weighted by Crippen LogP contribution is 2.34. The van der Waals surface area contributed by atoms with Crippen LogP contribution in [-0.4, -0.2) is 27.3 Å². The average Bonchev–Trinajstić information content (AvgIpc) is 3.41. The Morgan fingerprint density at radius 1 is 1.15 bits per heavy atom. The number of esters is 1. The van der Waals surface area contributed by atoms with Crippen molar-refractivity contribution in [3.63, 3.8) is 0 Å². The summed E-state index contributed by atoms with van der Waals surface area (Å²) in [5, 5.41) is 3.99. The molecule has 2 aromatic carbocycles. The number of thiazole rings is 1. The fourth-order valence-corrected chi connectivity index (χ4v) is 4.17. The first-order chi connectivity index (χ1) is 15.7. The summed E-state index contributed by atoms with van der Waals surface area (Å²) < 4.78 is 46.5. The lowest BCUT2D eigenvalue weighted by Crippen LogP contribution is -2.08. The highest BCUT2D eigenvalue weighted by molar-refractivity contribution is 7.09. The molecule has 5 nitrogen and oxygen atoms in total. The number of alkyl halides is 3. The van der Waals surface area contributed by atoms with Gasteiger partial charge in [0.15, 0.2) is 5.69 Å². The van der Waals surface area contributed by atoms with Crippen LogP contribution in [0.5, 0.6) is 0 Å². The van der Waals surface area contributed by atoms with Crippen LogP contribution in [0.4, 0.5) is 13.2 Å². The first kappa shape index (κ1) is 23.0. The molecule has 0 unspecified atom stereocenters. The number of para-hydroxylation sites is 1. The van der Waals surface area contributed by atoms with Crippen molar-refractivity contribution < 1.29 is 22.7 Å². The van der Waals surface area contributed by atoms with Gasteiger partial charge in [0.2, 0.25) is 0 Å². The zero-order valence-corrected chi connectivity index (χ0v) is 18.8. The predicted octanol–water partition coefficient (Wildman–Crippen LogP) is 6.38. The number of rotatable bonds is 6. The van der Waals surface area contributed by atoms with Gasteiger partial charge in [0.1, 0.15) is 0 Å². The average molecular weight is 492 g/mol. The second-order valence-electron chi connectivity index (χ2n) is 7.10. The number of aromatic nitrogens is 3. The molecule has 2 aromatic heterocycles. The Labute approximate surface area is 196 Å². The molecule has 0 atom stereocenters. The van der Waals surface area contributed by atoms with E-state index in [0.717, 1.165) is 21.3 Å².